The lowest BCUT2D eigenvalue weighted by molar-refractivity contribution is 0.0713. The summed E-state index contributed by atoms with van der Waals surface area (Å²) in [4.78, 5) is 21.4. The number of benzene rings is 1. The van der Waals surface area contributed by atoms with Gasteiger partial charge in [-0.1, -0.05) is 0 Å². The van der Waals surface area contributed by atoms with Gasteiger partial charge in [0.2, 0.25) is 0 Å². The van der Waals surface area contributed by atoms with E-state index in [1.807, 2.05) is 18.2 Å². The molecule has 2 aromatic rings. The van der Waals surface area contributed by atoms with Crippen LogP contribution in [0.5, 0.6) is 0 Å². The van der Waals surface area contributed by atoms with E-state index in [2.05, 4.69) is 14.8 Å². The molecule has 0 radical (unpaired) electrons. The Morgan fingerprint density at radius 1 is 1.25 bits per heavy atom. The van der Waals surface area contributed by atoms with Crippen molar-refractivity contribution in [2.24, 2.45) is 7.05 Å². The van der Waals surface area contributed by atoms with Crippen LogP contribution >= 0.6 is 0 Å². The lowest BCUT2D eigenvalue weighted by Gasteiger charge is -2.37. The number of aromatic nitrogens is 2. The minimum atomic E-state index is 0.00735. The fourth-order valence-electron chi connectivity index (χ4n) is 3.66. The summed E-state index contributed by atoms with van der Waals surface area (Å²) in [6.07, 6.45) is 4.42. The zero-order valence-electron chi connectivity index (χ0n) is 14.1. The number of hydrogen-bond acceptors (Lipinski definition) is 5. The van der Waals surface area contributed by atoms with E-state index in [1.54, 1.807) is 13.4 Å². The SMILES string of the molecule is Cn1cnc2cc(N3CCN(CC4CCCO4)CC3)ccc2c1=O. The van der Waals surface area contributed by atoms with Crippen LogP contribution in [0.4, 0.5) is 5.69 Å². The molecule has 0 saturated carbocycles. The van der Waals surface area contributed by atoms with Gasteiger partial charge >= 0.3 is 0 Å². The third-order valence-corrected chi connectivity index (χ3v) is 5.13. The van der Waals surface area contributed by atoms with Crippen LogP contribution in [0.25, 0.3) is 10.9 Å². The van der Waals surface area contributed by atoms with E-state index in [1.165, 1.54) is 17.4 Å². The van der Waals surface area contributed by atoms with Gasteiger partial charge in [0.1, 0.15) is 0 Å². The van der Waals surface area contributed by atoms with Crippen molar-refractivity contribution in [1.29, 1.82) is 0 Å². The second-order valence-corrected chi connectivity index (χ2v) is 6.78. The molecule has 6 nitrogen and oxygen atoms in total. The maximum Gasteiger partial charge on any atom is 0.260 e. The third-order valence-electron chi connectivity index (χ3n) is 5.13. The zero-order chi connectivity index (χ0) is 16.5. The van der Waals surface area contributed by atoms with E-state index < -0.39 is 0 Å². The van der Waals surface area contributed by atoms with E-state index in [-0.39, 0.29) is 5.56 Å². The quantitative estimate of drug-likeness (QED) is 0.848. The fraction of sp³-hybridized carbons (Fsp3) is 0.556. The highest BCUT2D eigenvalue weighted by Gasteiger charge is 2.23. The number of hydrogen-bond donors (Lipinski definition) is 0. The topological polar surface area (TPSA) is 50.6 Å². The van der Waals surface area contributed by atoms with Gasteiger partial charge in [-0.2, -0.15) is 0 Å². The van der Waals surface area contributed by atoms with E-state index in [0.717, 1.165) is 50.5 Å². The number of ether oxygens (including phenoxy) is 1. The van der Waals surface area contributed by atoms with E-state index in [9.17, 15) is 4.79 Å². The van der Waals surface area contributed by atoms with Gasteiger partial charge in [-0.15, -0.1) is 0 Å². The molecule has 0 spiro atoms. The molecular weight excluding hydrogens is 304 g/mol. The van der Waals surface area contributed by atoms with Crippen LogP contribution in [-0.2, 0) is 11.8 Å². The summed E-state index contributed by atoms with van der Waals surface area (Å²) in [5.41, 5.74) is 1.94. The lowest BCUT2D eigenvalue weighted by atomic mass is 10.1. The Labute approximate surface area is 141 Å². The highest BCUT2D eigenvalue weighted by atomic mass is 16.5. The van der Waals surface area contributed by atoms with Gasteiger partial charge in [0.25, 0.3) is 5.56 Å². The summed E-state index contributed by atoms with van der Waals surface area (Å²) in [6.45, 7) is 6.10. The molecule has 2 aliphatic heterocycles. The molecule has 0 aliphatic carbocycles. The number of fused-ring (bicyclic) bond motifs is 1. The number of aryl methyl sites for hydroxylation is 1. The summed E-state index contributed by atoms with van der Waals surface area (Å²) in [6, 6.07) is 5.98. The minimum absolute atomic E-state index is 0.00735. The predicted molar refractivity (Wildman–Crippen MR) is 94.6 cm³/mol. The largest absolute Gasteiger partial charge is 0.377 e. The van der Waals surface area contributed by atoms with Crippen molar-refractivity contribution in [3.63, 3.8) is 0 Å². The second kappa shape index (κ2) is 6.53. The van der Waals surface area contributed by atoms with E-state index >= 15 is 0 Å². The molecule has 24 heavy (non-hydrogen) atoms. The molecule has 1 atom stereocenters. The predicted octanol–water partition coefficient (Wildman–Crippen LogP) is 1.23. The van der Waals surface area contributed by atoms with Crippen molar-refractivity contribution in [1.82, 2.24) is 14.5 Å². The maximum atomic E-state index is 12.1. The average molecular weight is 328 g/mol. The number of rotatable bonds is 3. The molecule has 4 rings (SSSR count). The van der Waals surface area contributed by atoms with Crippen LogP contribution in [0.15, 0.2) is 29.3 Å². The first-order valence-electron chi connectivity index (χ1n) is 8.75. The van der Waals surface area contributed by atoms with Crippen LogP contribution in [0.2, 0.25) is 0 Å². The number of nitrogens with zero attached hydrogens (tertiary/aromatic N) is 4. The molecule has 128 valence electrons. The molecule has 1 aromatic carbocycles. The van der Waals surface area contributed by atoms with Gasteiger partial charge in [-0.05, 0) is 31.0 Å². The molecule has 0 amide bonds. The highest BCUT2D eigenvalue weighted by molar-refractivity contribution is 5.81. The highest BCUT2D eigenvalue weighted by Crippen LogP contribution is 2.21. The van der Waals surface area contributed by atoms with Crippen LogP contribution in [0, 0.1) is 0 Å². The average Bonchev–Trinajstić information content (AvgIpc) is 3.12. The van der Waals surface area contributed by atoms with Crippen LogP contribution < -0.4 is 10.5 Å². The van der Waals surface area contributed by atoms with Crippen molar-refractivity contribution in [2.75, 3.05) is 44.2 Å². The van der Waals surface area contributed by atoms with Gasteiger partial charge in [-0.3, -0.25) is 9.69 Å². The van der Waals surface area contributed by atoms with E-state index in [4.69, 9.17) is 4.74 Å². The summed E-state index contributed by atoms with van der Waals surface area (Å²) < 4.78 is 7.26. The number of anilines is 1. The summed E-state index contributed by atoms with van der Waals surface area (Å²) in [5, 5.41) is 0.681. The standard InChI is InChI=1S/C18H24N4O2/c1-20-13-19-17-11-14(4-5-16(17)18(20)23)22-8-6-21(7-9-22)12-15-3-2-10-24-15/h4-5,11,13,15H,2-3,6-10,12H2,1H3. The molecule has 2 saturated heterocycles. The number of piperazine rings is 1. The second-order valence-electron chi connectivity index (χ2n) is 6.78. The molecule has 2 fully saturated rings. The van der Waals surface area contributed by atoms with Crippen molar-refractivity contribution in [3.05, 3.63) is 34.9 Å². The van der Waals surface area contributed by atoms with Gasteiger partial charge in [0.15, 0.2) is 0 Å². The molecule has 1 unspecified atom stereocenters. The van der Waals surface area contributed by atoms with Gasteiger partial charge in [0, 0.05) is 52.1 Å². The molecule has 1 aromatic heterocycles. The zero-order valence-corrected chi connectivity index (χ0v) is 14.1. The molecule has 3 heterocycles. The molecule has 2 aliphatic rings. The summed E-state index contributed by atoms with van der Waals surface area (Å²) in [7, 11) is 1.73. The first-order chi connectivity index (χ1) is 11.7. The third kappa shape index (κ3) is 3.03. The Bertz CT molecular complexity index is 774. The molecular formula is C18H24N4O2. The normalized spacial score (nSPS) is 22.4. The molecule has 0 bridgehead atoms. The Morgan fingerprint density at radius 2 is 2.08 bits per heavy atom. The van der Waals surface area contributed by atoms with Crippen LogP contribution in [-0.4, -0.2) is 59.9 Å². The first kappa shape index (κ1) is 15.6. The van der Waals surface area contributed by atoms with Gasteiger partial charge in [-0.25, -0.2) is 4.98 Å². The maximum absolute atomic E-state index is 12.1. The van der Waals surface area contributed by atoms with Crippen molar-refractivity contribution in [3.8, 4) is 0 Å². The summed E-state index contributed by atoms with van der Waals surface area (Å²) in [5.74, 6) is 0. The Morgan fingerprint density at radius 3 is 2.83 bits per heavy atom. The smallest absolute Gasteiger partial charge is 0.260 e. The van der Waals surface area contributed by atoms with Crippen molar-refractivity contribution < 1.29 is 4.74 Å². The molecule has 6 heteroatoms. The van der Waals surface area contributed by atoms with Crippen LogP contribution in [0.1, 0.15) is 12.8 Å². The lowest BCUT2D eigenvalue weighted by Crippen LogP contribution is -2.48. The van der Waals surface area contributed by atoms with Crippen LogP contribution in [0.3, 0.4) is 0 Å². The van der Waals surface area contributed by atoms with Crippen molar-refractivity contribution in [2.45, 2.75) is 18.9 Å². The van der Waals surface area contributed by atoms with Gasteiger partial charge in [0.05, 0.1) is 23.3 Å². The Balaban J connectivity index is 1.44. The molecule has 0 N–H and O–H groups in total. The summed E-state index contributed by atoms with van der Waals surface area (Å²) >= 11 is 0. The first-order valence-corrected chi connectivity index (χ1v) is 8.75. The van der Waals surface area contributed by atoms with Gasteiger partial charge < -0.3 is 14.2 Å². The van der Waals surface area contributed by atoms with E-state index in [0.29, 0.717) is 11.5 Å². The monoisotopic (exact) mass is 328 g/mol. The fourth-order valence-corrected chi connectivity index (χ4v) is 3.66. The Hall–Kier alpha value is -1.92. The Kier molecular flexibility index (Phi) is 4.24. The van der Waals surface area contributed by atoms with Crippen molar-refractivity contribution >= 4 is 16.6 Å². The minimum Gasteiger partial charge on any atom is -0.377 e.